The first kappa shape index (κ1) is 11.1. The summed E-state index contributed by atoms with van der Waals surface area (Å²) in [6.45, 7) is 0. The van der Waals surface area contributed by atoms with Crippen molar-refractivity contribution in [3.8, 4) is 0 Å². The van der Waals surface area contributed by atoms with E-state index < -0.39 is 0 Å². The number of nitrogens with zero attached hydrogens (tertiary/aromatic N) is 4. The molecule has 0 spiro atoms. The van der Waals surface area contributed by atoms with Gasteiger partial charge in [-0.15, -0.1) is 0 Å². The van der Waals surface area contributed by atoms with Crippen molar-refractivity contribution >= 4 is 17.3 Å². The van der Waals surface area contributed by atoms with Gasteiger partial charge in [0, 0.05) is 20.3 Å². The number of hydrogen-bond acceptors (Lipinski definition) is 4. The van der Waals surface area contributed by atoms with Gasteiger partial charge in [-0.1, -0.05) is 0 Å². The molecule has 0 aromatic carbocycles. The highest BCUT2D eigenvalue weighted by Gasteiger charge is 2.20. The number of rotatable bonds is 2. The van der Waals surface area contributed by atoms with E-state index in [0.717, 1.165) is 0 Å². The van der Waals surface area contributed by atoms with E-state index in [4.69, 9.17) is 5.73 Å². The summed E-state index contributed by atoms with van der Waals surface area (Å²) >= 11 is 0. The predicted octanol–water partition coefficient (Wildman–Crippen LogP) is 0.674. The smallest absolute Gasteiger partial charge is 0.278 e. The molecule has 2 N–H and O–H groups in total. The molecule has 0 unspecified atom stereocenters. The van der Waals surface area contributed by atoms with Crippen molar-refractivity contribution < 1.29 is 4.79 Å². The molecule has 0 saturated heterocycles. The van der Waals surface area contributed by atoms with Gasteiger partial charge in [0.05, 0.1) is 23.8 Å². The highest BCUT2D eigenvalue weighted by Crippen LogP contribution is 2.16. The van der Waals surface area contributed by atoms with E-state index in [1.165, 1.54) is 15.8 Å². The third-order valence-corrected chi connectivity index (χ3v) is 2.51. The standard InChI is InChI=1S/C11H13N5O/c1-15(8-4-3-5-13-6-8)11(17)10-9(12)7-14-16(10)2/h3-7H,12H2,1-2H3. The highest BCUT2D eigenvalue weighted by atomic mass is 16.2. The van der Waals surface area contributed by atoms with Gasteiger partial charge in [-0.25, -0.2) is 0 Å². The Kier molecular flexibility index (Phi) is 2.78. The molecule has 0 atom stereocenters. The van der Waals surface area contributed by atoms with E-state index >= 15 is 0 Å². The average molecular weight is 231 g/mol. The van der Waals surface area contributed by atoms with Crippen LogP contribution in [0.3, 0.4) is 0 Å². The van der Waals surface area contributed by atoms with Gasteiger partial charge in [-0.2, -0.15) is 5.10 Å². The van der Waals surface area contributed by atoms with Gasteiger partial charge >= 0.3 is 0 Å². The zero-order valence-corrected chi connectivity index (χ0v) is 9.66. The van der Waals surface area contributed by atoms with Gasteiger partial charge in [0.25, 0.3) is 5.91 Å². The fourth-order valence-corrected chi connectivity index (χ4v) is 1.54. The second kappa shape index (κ2) is 4.25. The molecule has 0 radical (unpaired) electrons. The molecule has 1 amide bonds. The first-order valence-corrected chi connectivity index (χ1v) is 5.07. The maximum atomic E-state index is 12.2. The monoisotopic (exact) mass is 231 g/mol. The van der Waals surface area contributed by atoms with Gasteiger partial charge in [0.1, 0.15) is 5.69 Å². The van der Waals surface area contributed by atoms with E-state index in [2.05, 4.69) is 10.1 Å². The largest absolute Gasteiger partial charge is 0.396 e. The lowest BCUT2D eigenvalue weighted by atomic mass is 10.3. The summed E-state index contributed by atoms with van der Waals surface area (Å²) in [5, 5.41) is 3.94. The lowest BCUT2D eigenvalue weighted by Crippen LogP contribution is -2.29. The summed E-state index contributed by atoms with van der Waals surface area (Å²) in [4.78, 5) is 17.7. The molecular formula is C11H13N5O. The van der Waals surface area contributed by atoms with Crippen molar-refractivity contribution in [2.75, 3.05) is 17.7 Å². The maximum absolute atomic E-state index is 12.2. The van der Waals surface area contributed by atoms with Crippen LogP contribution in [0.4, 0.5) is 11.4 Å². The van der Waals surface area contributed by atoms with Crippen LogP contribution in [0.1, 0.15) is 10.5 Å². The third-order valence-electron chi connectivity index (χ3n) is 2.51. The Hall–Kier alpha value is -2.37. The second-order valence-corrected chi connectivity index (χ2v) is 3.65. The molecule has 88 valence electrons. The van der Waals surface area contributed by atoms with Gasteiger partial charge in [-0.05, 0) is 12.1 Å². The molecule has 0 bridgehead atoms. The average Bonchev–Trinajstić information content (AvgIpc) is 2.68. The number of carbonyl (C=O) groups excluding carboxylic acids is 1. The van der Waals surface area contributed by atoms with E-state index in [1.807, 2.05) is 0 Å². The number of hydrogen-bond donors (Lipinski definition) is 1. The summed E-state index contributed by atoms with van der Waals surface area (Å²) in [5.41, 5.74) is 7.16. The molecule has 0 fully saturated rings. The summed E-state index contributed by atoms with van der Waals surface area (Å²) < 4.78 is 1.46. The minimum absolute atomic E-state index is 0.212. The number of aryl methyl sites for hydroxylation is 1. The van der Waals surface area contributed by atoms with Crippen LogP contribution in [-0.2, 0) is 7.05 Å². The Morgan fingerprint density at radius 1 is 1.47 bits per heavy atom. The number of carbonyl (C=O) groups is 1. The molecule has 6 nitrogen and oxygen atoms in total. The molecule has 0 saturated carbocycles. The van der Waals surface area contributed by atoms with Crippen LogP contribution in [0.25, 0.3) is 0 Å². The molecule has 17 heavy (non-hydrogen) atoms. The van der Waals surface area contributed by atoms with Gasteiger partial charge in [0.2, 0.25) is 0 Å². The quantitative estimate of drug-likeness (QED) is 0.824. The van der Waals surface area contributed by atoms with Crippen LogP contribution < -0.4 is 10.6 Å². The van der Waals surface area contributed by atoms with Crippen molar-refractivity contribution in [3.63, 3.8) is 0 Å². The summed E-state index contributed by atoms with van der Waals surface area (Å²) in [7, 11) is 3.35. The number of amides is 1. The van der Waals surface area contributed by atoms with Gasteiger partial charge in [-0.3, -0.25) is 14.5 Å². The number of anilines is 2. The second-order valence-electron chi connectivity index (χ2n) is 3.65. The van der Waals surface area contributed by atoms with Crippen LogP contribution in [0.15, 0.2) is 30.7 Å². The van der Waals surface area contributed by atoms with Gasteiger partial charge in [0.15, 0.2) is 0 Å². The maximum Gasteiger partial charge on any atom is 0.278 e. The molecule has 0 aliphatic carbocycles. The van der Waals surface area contributed by atoms with Crippen molar-refractivity contribution in [2.45, 2.75) is 0 Å². The van der Waals surface area contributed by atoms with Crippen LogP contribution in [-0.4, -0.2) is 27.7 Å². The Bertz CT molecular complexity index is 515. The van der Waals surface area contributed by atoms with Crippen molar-refractivity contribution in [3.05, 3.63) is 36.4 Å². The number of pyridine rings is 1. The Morgan fingerprint density at radius 3 is 2.76 bits per heavy atom. The normalized spacial score (nSPS) is 10.2. The van der Waals surface area contributed by atoms with E-state index in [-0.39, 0.29) is 5.91 Å². The fraction of sp³-hybridized carbons (Fsp3) is 0.182. The molecular weight excluding hydrogens is 218 g/mol. The molecule has 2 heterocycles. The summed E-state index contributed by atoms with van der Waals surface area (Å²) in [6, 6.07) is 3.57. The van der Waals surface area contributed by atoms with Crippen LogP contribution in [0, 0.1) is 0 Å². The Morgan fingerprint density at radius 2 is 2.24 bits per heavy atom. The van der Waals surface area contributed by atoms with E-state index in [0.29, 0.717) is 17.1 Å². The van der Waals surface area contributed by atoms with Crippen molar-refractivity contribution in [1.82, 2.24) is 14.8 Å². The zero-order valence-electron chi connectivity index (χ0n) is 9.66. The SMILES string of the molecule is CN(C(=O)c1c(N)cnn1C)c1cccnc1. The first-order valence-electron chi connectivity index (χ1n) is 5.07. The molecule has 2 rings (SSSR count). The highest BCUT2D eigenvalue weighted by molar-refractivity contribution is 6.07. The van der Waals surface area contributed by atoms with Crippen molar-refractivity contribution in [2.24, 2.45) is 7.05 Å². The lowest BCUT2D eigenvalue weighted by Gasteiger charge is -2.17. The molecule has 6 heteroatoms. The molecule has 2 aromatic rings. The Balaban J connectivity index is 2.33. The van der Waals surface area contributed by atoms with Crippen LogP contribution in [0.2, 0.25) is 0 Å². The number of aromatic nitrogens is 3. The Labute approximate surface area is 98.7 Å². The topological polar surface area (TPSA) is 77.0 Å². The van der Waals surface area contributed by atoms with E-state index in [9.17, 15) is 4.79 Å². The molecule has 2 aromatic heterocycles. The van der Waals surface area contributed by atoms with Crippen LogP contribution in [0.5, 0.6) is 0 Å². The van der Waals surface area contributed by atoms with E-state index in [1.54, 1.807) is 38.6 Å². The van der Waals surface area contributed by atoms with Gasteiger partial charge < -0.3 is 10.6 Å². The summed E-state index contributed by atoms with van der Waals surface area (Å²) in [6.07, 6.45) is 4.73. The van der Waals surface area contributed by atoms with Crippen molar-refractivity contribution in [1.29, 1.82) is 0 Å². The minimum atomic E-state index is -0.212. The number of nitrogens with two attached hydrogens (primary N) is 1. The molecule has 0 aliphatic heterocycles. The lowest BCUT2D eigenvalue weighted by molar-refractivity contribution is 0.0985. The molecule has 0 aliphatic rings. The number of nitrogen functional groups attached to an aromatic ring is 1. The van der Waals surface area contributed by atoms with Crippen LogP contribution >= 0.6 is 0 Å². The first-order chi connectivity index (χ1) is 8.11. The predicted molar refractivity (Wildman–Crippen MR) is 64.6 cm³/mol. The zero-order chi connectivity index (χ0) is 12.4. The minimum Gasteiger partial charge on any atom is -0.396 e. The summed E-state index contributed by atoms with van der Waals surface area (Å²) in [5.74, 6) is -0.212. The third kappa shape index (κ3) is 1.96. The fourth-order valence-electron chi connectivity index (χ4n) is 1.54.